The van der Waals surface area contributed by atoms with Crippen LogP contribution in [0.4, 0.5) is 20.4 Å². The van der Waals surface area contributed by atoms with Crippen LogP contribution >= 0.6 is 11.6 Å². The SMILES string of the molecule is CCC(=O)c1cc(Nc2cc(C)[nH]n2)nc(C[C@@]2(C(=O)O)CCN(Cc3cccc(Cl)c3F)[C@H](C)C2)c1F. The number of aliphatic carboxylic acids is 1. The molecule has 1 aromatic carbocycles. The summed E-state index contributed by atoms with van der Waals surface area (Å²) in [6.45, 7) is 5.94. The molecule has 8 nitrogen and oxygen atoms in total. The van der Waals surface area contributed by atoms with Gasteiger partial charge in [0, 0.05) is 42.8 Å². The number of aromatic nitrogens is 3. The number of rotatable bonds is 9. The second-order valence-corrected chi connectivity index (χ2v) is 10.3. The molecular weight excluding hydrogens is 516 g/mol. The molecule has 1 aliphatic heterocycles. The number of likely N-dealkylation sites (tertiary alicyclic amines) is 1. The number of aromatic amines is 1. The molecule has 4 rings (SSSR count). The summed E-state index contributed by atoms with van der Waals surface area (Å²) in [6.07, 6.45) is 0.274. The zero-order valence-electron chi connectivity index (χ0n) is 21.4. The Balaban J connectivity index is 1.62. The van der Waals surface area contributed by atoms with E-state index in [1.165, 1.54) is 12.1 Å². The Morgan fingerprint density at radius 1 is 1.26 bits per heavy atom. The van der Waals surface area contributed by atoms with Crippen LogP contribution in [0.1, 0.15) is 60.4 Å². The van der Waals surface area contributed by atoms with Crippen LogP contribution in [0.15, 0.2) is 30.3 Å². The average Bonchev–Trinajstić information content (AvgIpc) is 3.29. The predicted molar refractivity (Wildman–Crippen MR) is 140 cm³/mol. The lowest BCUT2D eigenvalue weighted by molar-refractivity contribution is -0.153. The van der Waals surface area contributed by atoms with Gasteiger partial charge in [-0.05, 0) is 45.4 Å². The molecule has 1 aliphatic rings. The quantitative estimate of drug-likeness (QED) is 0.297. The van der Waals surface area contributed by atoms with Gasteiger partial charge in [-0.2, -0.15) is 5.10 Å². The van der Waals surface area contributed by atoms with E-state index >= 15 is 4.39 Å². The molecule has 1 fully saturated rings. The smallest absolute Gasteiger partial charge is 0.310 e. The van der Waals surface area contributed by atoms with Crippen molar-refractivity contribution in [2.24, 2.45) is 5.41 Å². The number of Topliss-reactive ketones (excluding diaryl/α,β-unsaturated/α-hetero) is 1. The number of hydrogen-bond donors (Lipinski definition) is 3. The molecule has 3 heterocycles. The summed E-state index contributed by atoms with van der Waals surface area (Å²) in [5, 5.41) is 20.2. The summed E-state index contributed by atoms with van der Waals surface area (Å²) in [6, 6.07) is 7.61. The molecule has 0 aliphatic carbocycles. The van der Waals surface area contributed by atoms with Gasteiger partial charge >= 0.3 is 5.97 Å². The third-order valence-electron chi connectivity index (χ3n) is 7.16. The lowest BCUT2D eigenvalue weighted by Gasteiger charge is -2.43. The minimum absolute atomic E-state index is 0.0320. The molecule has 2 aromatic heterocycles. The fourth-order valence-electron chi connectivity index (χ4n) is 5.02. The number of H-pyrrole nitrogens is 1. The van der Waals surface area contributed by atoms with Gasteiger partial charge in [0.05, 0.1) is 21.7 Å². The maximum Gasteiger partial charge on any atom is 0.310 e. The van der Waals surface area contributed by atoms with E-state index in [0.29, 0.717) is 17.9 Å². The van der Waals surface area contributed by atoms with E-state index in [0.717, 1.165) is 5.69 Å². The van der Waals surface area contributed by atoms with Crippen LogP contribution in [-0.2, 0) is 17.8 Å². The number of halogens is 3. The van der Waals surface area contributed by atoms with Gasteiger partial charge in [-0.3, -0.25) is 19.6 Å². The number of anilines is 2. The number of ketones is 1. The van der Waals surface area contributed by atoms with Gasteiger partial charge in [0.1, 0.15) is 11.6 Å². The van der Waals surface area contributed by atoms with Crippen LogP contribution in [0.3, 0.4) is 0 Å². The molecule has 2 atom stereocenters. The molecule has 0 saturated carbocycles. The summed E-state index contributed by atoms with van der Waals surface area (Å²) >= 11 is 5.92. The first-order valence-electron chi connectivity index (χ1n) is 12.4. The fraction of sp³-hybridized carbons (Fsp3) is 0.407. The molecule has 11 heteroatoms. The maximum absolute atomic E-state index is 15.6. The third-order valence-corrected chi connectivity index (χ3v) is 7.45. The number of piperidine rings is 1. The van der Waals surface area contributed by atoms with Crippen LogP contribution in [-0.4, -0.2) is 49.5 Å². The predicted octanol–water partition coefficient (Wildman–Crippen LogP) is 5.68. The minimum Gasteiger partial charge on any atom is -0.481 e. The number of nitrogens with one attached hydrogen (secondary N) is 2. The molecule has 38 heavy (non-hydrogen) atoms. The Labute approximate surface area is 224 Å². The van der Waals surface area contributed by atoms with E-state index in [1.54, 1.807) is 25.1 Å². The van der Waals surface area contributed by atoms with E-state index in [2.05, 4.69) is 20.5 Å². The molecule has 202 valence electrons. The summed E-state index contributed by atoms with van der Waals surface area (Å²) in [7, 11) is 0. The van der Waals surface area contributed by atoms with Crippen molar-refractivity contribution in [2.45, 2.75) is 59.0 Å². The molecule has 3 N–H and O–H groups in total. The topological polar surface area (TPSA) is 111 Å². The summed E-state index contributed by atoms with van der Waals surface area (Å²) in [4.78, 5) is 31.5. The largest absolute Gasteiger partial charge is 0.481 e. The number of aryl methyl sites for hydroxylation is 1. The van der Waals surface area contributed by atoms with Crippen molar-refractivity contribution in [3.05, 3.63) is 69.5 Å². The van der Waals surface area contributed by atoms with E-state index < -0.39 is 28.8 Å². The molecule has 3 aromatic rings. The molecule has 0 spiro atoms. The zero-order chi connectivity index (χ0) is 27.6. The van der Waals surface area contributed by atoms with E-state index in [1.807, 2.05) is 18.7 Å². The Bertz CT molecular complexity index is 1360. The first-order chi connectivity index (χ1) is 18.0. The van der Waals surface area contributed by atoms with Gasteiger partial charge in [0.25, 0.3) is 0 Å². The summed E-state index contributed by atoms with van der Waals surface area (Å²) in [5.74, 6) is -2.14. The van der Waals surface area contributed by atoms with Crippen molar-refractivity contribution in [2.75, 3.05) is 11.9 Å². The highest BCUT2D eigenvalue weighted by atomic mass is 35.5. The van der Waals surface area contributed by atoms with Crippen LogP contribution in [0, 0.1) is 24.0 Å². The number of carbonyl (C=O) groups excluding carboxylic acids is 1. The van der Waals surface area contributed by atoms with Crippen molar-refractivity contribution in [1.29, 1.82) is 0 Å². The molecule has 0 bridgehead atoms. The first kappa shape index (κ1) is 27.7. The van der Waals surface area contributed by atoms with Gasteiger partial charge in [-0.25, -0.2) is 13.8 Å². The normalized spacial score (nSPS) is 19.9. The third kappa shape index (κ3) is 5.71. The number of benzene rings is 1. The Morgan fingerprint density at radius 3 is 2.66 bits per heavy atom. The number of carbonyl (C=O) groups is 2. The highest BCUT2D eigenvalue weighted by Gasteiger charge is 2.45. The highest BCUT2D eigenvalue weighted by Crippen LogP contribution is 2.40. The van der Waals surface area contributed by atoms with Crippen LogP contribution in [0.2, 0.25) is 5.02 Å². The molecule has 0 radical (unpaired) electrons. The second-order valence-electron chi connectivity index (χ2n) is 9.90. The van der Waals surface area contributed by atoms with Crippen LogP contribution in [0.25, 0.3) is 0 Å². The Hall–Kier alpha value is -3.37. The number of pyridine rings is 1. The van der Waals surface area contributed by atoms with E-state index in [9.17, 15) is 19.1 Å². The van der Waals surface area contributed by atoms with E-state index in [4.69, 9.17) is 11.6 Å². The number of hydrogen-bond acceptors (Lipinski definition) is 6. The van der Waals surface area contributed by atoms with Crippen molar-refractivity contribution >= 4 is 35.0 Å². The standard InChI is InChI=1S/C27H30ClF2N5O3/c1-4-21(36)18-11-22(32-23-10-15(2)33-34-23)31-20(25(18)30)13-27(26(37)38)8-9-35(16(3)12-27)14-17-6-5-7-19(28)24(17)29/h5-7,10-11,16H,4,8-9,12-14H2,1-3H3,(H,37,38)(H2,31,32,33,34)/t16-,27-/m1/s1. The molecule has 0 unspecified atom stereocenters. The van der Waals surface area contributed by atoms with Gasteiger partial charge in [-0.1, -0.05) is 30.7 Å². The molecule has 1 saturated heterocycles. The van der Waals surface area contributed by atoms with Crippen molar-refractivity contribution < 1.29 is 23.5 Å². The molecular formula is C27H30ClF2N5O3. The Kier molecular flexibility index (Phi) is 8.13. The minimum atomic E-state index is -1.31. The van der Waals surface area contributed by atoms with Crippen molar-refractivity contribution in [1.82, 2.24) is 20.1 Å². The van der Waals surface area contributed by atoms with Gasteiger partial charge in [0.15, 0.2) is 17.4 Å². The maximum atomic E-state index is 15.6. The average molecular weight is 546 g/mol. The number of carboxylic acids is 1. The van der Waals surface area contributed by atoms with Crippen LogP contribution in [0.5, 0.6) is 0 Å². The summed E-state index contributed by atoms with van der Waals surface area (Å²) < 4.78 is 30.1. The lowest BCUT2D eigenvalue weighted by atomic mass is 9.72. The lowest BCUT2D eigenvalue weighted by Crippen LogP contribution is -2.50. The molecule has 0 amide bonds. The van der Waals surface area contributed by atoms with E-state index in [-0.39, 0.29) is 60.4 Å². The van der Waals surface area contributed by atoms with Gasteiger partial charge in [0.2, 0.25) is 0 Å². The number of nitrogens with zero attached hydrogens (tertiary/aromatic N) is 3. The number of carboxylic acid groups (broad SMARTS) is 1. The van der Waals surface area contributed by atoms with Crippen molar-refractivity contribution in [3.63, 3.8) is 0 Å². The highest BCUT2D eigenvalue weighted by molar-refractivity contribution is 6.30. The van der Waals surface area contributed by atoms with Gasteiger partial charge in [-0.15, -0.1) is 0 Å². The summed E-state index contributed by atoms with van der Waals surface area (Å²) in [5.41, 5.74) is -0.333. The second kappa shape index (κ2) is 11.2. The van der Waals surface area contributed by atoms with Crippen molar-refractivity contribution in [3.8, 4) is 0 Å². The monoisotopic (exact) mass is 545 g/mol. The van der Waals surface area contributed by atoms with Crippen LogP contribution < -0.4 is 5.32 Å². The fourth-order valence-corrected chi connectivity index (χ4v) is 5.21. The zero-order valence-corrected chi connectivity index (χ0v) is 22.2. The van der Waals surface area contributed by atoms with Gasteiger partial charge < -0.3 is 10.4 Å². The Morgan fingerprint density at radius 2 is 2.03 bits per heavy atom. The first-order valence-corrected chi connectivity index (χ1v) is 12.8.